The molecule has 0 amide bonds. The van der Waals surface area contributed by atoms with Gasteiger partial charge in [-0.15, -0.1) is 0 Å². The van der Waals surface area contributed by atoms with Crippen LogP contribution in [0.2, 0.25) is 0 Å². The first-order chi connectivity index (χ1) is 8.77. The summed E-state index contributed by atoms with van der Waals surface area (Å²) in [6.07, 6.45) is 0. The maximum atomic E-state index is 10.6. The van der Waals surface area contributed by atoms with E-state index in [0.717, 1.165) is 28.6 Å². The number of hydrogen-bond acceptors (Lipinski definition) is 4. The molecule has 94 valence electrons. The van der Waals surface area contributed by atoms with Crippen molar-refractivity contribution in [1.29, 1.82) is 0 Å². The van der Waals surface area contributed by atoms with E-state index in [-0.39, 0.29) is 5.97 Å². The third kappa shape index (κ3) is 3.40. The van der Waals surface area contributed by atoms with Crippen LogP contribution in [-0.4, -0.2) is 18.3 Å². The monoisotopic (exact) mass is 262 g/mol. The molecule has 2 aromatic rings. The summed E-state index contributed by atoms with van der Waals surface area (Å²) in [6, 6.07) is 14.0. The largest absolute Gasteiger partial charge is 0.492 e. The van der Waals surface area contributed by atoms with Crippen LogP contribution in [0.4, 0.5) is 0 Å². The molecule has 0 saturated heterocycles. The highest BCUT2D eigenvalue weighted by Gasteiger charge is 2.01. The Labute approximate surface area is 110 Å². The van der Waals surface area contributed by atoms with Crippen LogP contribution in [0.3, 0.4) is 0 Å². The van der Waals surface area contributed by atoms with Gasteiger partial charge in [0.2, 0.25) is 0 Å². The van der Waals surface area contributed by atoms with Gasteiger partial charge in [-0.2, -0.15) is 0 Å². The van der Waals surface area contributed by atoms with Crippen molar-refractivity contribution in [3.8, 4) is 5.75 Å². The lowest BCUT2D eigenvalue weighted by atomic mass is 10.1. The first kappa shape index (κ1) is 12.8. The third-order valence-corrected chi connectivity index (χ3v) is 3.04. The summed E-state index contributed by atoms with van der Waals surface area (Å²) in [7, 11) is 0. The van der Waals surface area contributed by atoms with Crippen molar-refractivity contribution in [1.82, 2.24) is 0 Å². The molecule has 0 aliphatic carbocycles. The Morgan fingerprint density at radius 1 is 1.17 bits per heavy atom. The van der Waals surface area contributed by atoms with Crippen LogP contribution in [0.25, 0.3) is 10.8 Å². The van der Waals surface area contributed by atoms with E-state index in [1.165, 1.54) is 6.92 Å². The van der Waals surface area contributed by atoms with Crippen molar-refractivity contribution in [2.24, 2.45) is 0 Å². The van der Waals surface area contributed by atoms with Gasteiger partial charge in [-0.05, 0) is 11.5 Å². The first-order valence-electron chi connectivity index (χ1n) is 5.68. The van der Waals surface area contributed by atoms with E-state index in [2.05, 4.69) is 12.1 Å². The molecule has 0 heterocycles. The molecule has 0 bridgehead atoms. The molecule has 0 fully saturated rings. The summed E-state index contributed by atoms with van der Waals surface area (Å²) in [6.45, 7) is 1.89. The molecule has 0 N–H and O–H groups in total. The zero-order valence-corrected chi connectivity index (χ0v) is 10.9. The van der Waals surface area contributed by atoms with Crippen LogP contribution >= 0.6 is 12.0 Å². The molecular weight excluding hydrogens is 248 g/mol. The Hall–Kier alpha value is -1.68. The molecule has 2 rings (SSSR count). The Morgan fingerprint density at radius 3 is 2.78 bits per heavy atom. The van der Waals surface area contributed by atoms with Gasteiger partial charge in [-0.1, -0.05) is 36.4 Å². The smallest absolute Gasteiger partial charge is 0.314 e. The molecule has 0 radical (unpaired) electrons. The molecule has 0 aromatic heterocycles. The zero-order valence-electron chi connectivity index (χ0n) is 10.1. The second-order valence-corrected chi connectivity index (χ2v) is 4.53. The second-order valence-electron chi connectivity index (χ2n) is 3.72. The Bertz CT molecular complexity index is 534. The fraction of sp³-hybridized carbons (Fsp3) is 0.214. The van der Waals surface area contributed by atoms with E-state index < -0.39 is 0 Å². The lowest BCUT2D eigenvalue weighted by molar-refractivity contribution is -0.130. The highest BCUT2D eigenvalue weighted by Crippen LogP contribution is 2.25. The molecule has 0 unspecified atom stereocenters. The Balaban J connectivity index is 1.93. The van der Waals surface area contributed by atoms with Crippen LogP contribution in [0.5, 0.6) is 5.75 Å². The average molecular weight is 262 g/mol. The van der Waals surface area contributed by atoms with Crippen molar-refractivity contribution >= 4 is 28.8 Å². The molecular formula is C14H14O3S. The van der Waals surface area contributed by atoms with Crippen molar-refractivity contribution < 1.29 is 13.7 Å². The second kappa shape index (κ2) is 6.31. The SMILES string of the molecule is CC(=O)OSCCOc1cccc2ccccc12. The van der Waals surface area contributed by atoms with Gasteiger partial charge >= 0.3 is 5.97 Å². The Morgan fingerprint density at radius 2 is 1.94 bits per heavy atom. The summed E-state index contributed by atoms with van der Waals surface area (Å²) in [4.78, 5) is 10.6. The predicted octanol–water partition coefficient (Wildman–Crippen LogP) is 3.43. The van der Waals surface area contributed by atoms with Crippen LogP contribution in [0.1, 0.15) is 6.92 Å². The zero-order chi connectivity index (χ0) is 12.8. The fourth-order valence-electron chi connectivity index (χ4n) is 1.63. The maximum absolute atomic E-state index is 10.6. The van der Waals surface area contributed by atoms with E-state index in [1.54, 1.807) is 0 Å². The summed E-state index contributed by atoms with van der Waals surface area (Å²) in [5, 5.41) is 2.25. The highest BCUT2D eigenvalue weighted by molar-refractivity contribution is 7.95. The topological polar surface area (TPSA) is 35.5 Å². The van der Waals surface area contributed by atoms with Crippen LogP contribution in [0, 0.1) is 0 Å². The van der Waals surface area contributed by atoms with Crippen LogP contribution in [-0.2, 0) is 8.98 Å². The number of carbonyl (C=O) groups excluding carboxylic acids is 1. The van der Waals surface area contributed by atoms with Crippen LogP contribution in [0.15, 0.2) is 42.5 Å². The molecule has 0 spiro atoms. The predicted molar refractivity (Wildman–Crippen MR) is 73.7 cm³/mol. The van der Waals surface area contributed by atoms with Crippen LogP contribution < -0.4 is 4.74 Å². The normalized spacial score (nSPS) is 10.3. The minimum atomic E-state index is -0.287. The number of hydrogen-bond donors (Lipinski definition) is 0. The number of ether oxygens (including phenoxy) is 1. The van der Waals surface area contributed by atoms with E-state index in [4.69, 9.17) is 8.92 Å². The number of carbonyl (C=O) groups is 1. The molecule has 0 atom stereocenters. The third-order valence-electron chi connectivity index (χ3n) is 2.35. The molecule has 18 heavy (non-hydrogen) atoms. The minimum Gasteiger partial charge on any atom is -0.492 e. The van der Waals surface area contributed by atoms with E-state index >= 15 is 0 Å². The lowest BCUT2D eigenvalue weighted by Gasteiger charge is -2.08. The van der Waals surface area contributed by atoms with Gasteiger partial charge < -0.3 is 8.92 Å². The van der Waals surface area contributed by atoms with Gasteiger partial charge in [-0.25, -0.2) is 0 Å². The van der Waals surface area contributed by atoms with Crippen molar-refractivity contribution in [3.63, 3.8) is 0 Å². The summed E-state index contributed by atoms with van der Waals surface area (Å²) >= 11 is 1.11. The molecule has 0 aliphatic heterocycles. The minimum absolute atomic E-state index is 0.287. The van der Waals surface area contributed by atoms with E-state index in [0.29, 0.717) is 12.4 Å². The number of benzene rings is 2. The van der Waals surface area contributed by atoms with Crippen molar-refractivity contribution in [2.45, 2.75) is 6.92 Å². The van der Waals surface area contributed by atoms with E-state index in [9.17, 15) is 4.79 Å². The van der Waals surface area contributed by atoms with Gasteiger partial charge in [0.15, 0.2) is 0 Å². The highest BCUT2D eigenvalue weighted by atomic mass is 32.2. The standard InChI is InChI=1S/C14H14O3S/c1-11(15)17-18-10-9-16-14-8-4-6-12-5-2-3-7-13(12)14/h2-8H,9-10H2,1H3. The molecule has 4 heteroatoms. The molecule has 0 saturated carbocycles. The maximum Gasteiger partial charge on any atom is 0.314 e. The van der Waals surface area contributed by atoms with Gasteiger partial charge in [0.1, 0.15) is 12.4 Å². The summed E-state index contributed by atoms with van der Waals surface area (Å²) < 4.78 is 10.5. The summed E-state index contributed by atoms with van der Waals surface area (Å²) in [5.41, 5.74) is 0. The number of fused-ring (bicyclic) bond motifs is 1. The summed E-state index contributed by atoms with van der Waals surface area (Å²) in [5.74, 6) is 1.18. The van der Waals surface area contributed by atoms with Crippen molar-refractivity contribution in [3.05, 3.63) is 42.5 Å². The van der Waals surface area contributed by atoms with Gasteiger partial charge in [0.05, 0.1) is 17.8 Å². The van der Waals surface area contributed by atoms with Gasteiger partial charge in [-0.3, -0.25) is 4.79 Å². The quantitative estimate of drug-likeness (QED) is 0.611. The first-order valence-corrected chi connectivity index (χ1v) is 6.59. The lowest BCUT2D eigenvalue weighted by Crippen LogP contribution is -2.02. The van der Waals surface area contributed by atoms with Gasteiger partial charge in [0.25, 0.3) is 0 Å². The average Bonchev–Trinajstić information content (AvgIpc) is 2.38. The molecule has 2 aromatic carbocycles. The van der Waals surface area contributed by atoms with Gasteiger partial charge in [0, 0.05) is 12.3 Å². The number of rotatable bonds is 5. The molecule has 0 aliphatic rings. The van der Waals surface area contributed by atoms with Crippen molar-refractivity contribution in [2.75, 3.05) is 12.4 Å². The van der Waals surface area contributed by atoms with E-state index in [1.807, 2.05) is 30.3 Å². The fourth-order valence-corrected chi connectivity index (χ4v) is 2.03. The molecule has 3 nitrogen and oxygen atoms in total. The Kier molecular flexibility index (Phi) is 4.47.